The van der Waals surface area contributed by atoms with E-state index in [1.54, 1.807) is 19.1 Å². The number of carbonyl (C=O) groups is 2. The van der Waals surface area contributed by atoms with Gasteiger partial charge in [-0.3, -0.25) is 9.59 Å². The predicted octanol–water partition coefficient (Wildman–Crippen LogP) is 1.44. The van der Waals surface area contributed by atoms with Crippen molar-refractivity contribution in [1.82, 2.24) is 15.6 Å². The molecule has 0 radical (unpaired) electrons. The number of esters is 1. The normalized spacial score (nSPS) is 13.7. The van der Waals surface area contributed by atoms with Gasteiger partial charge in [0.15, 0.2) is 5.78 Å². The van der Waals surface area contributed by atoms with Gasteiger partial charge in [0.05, 0.1) is 18.6 Å². The van der Waals surface area contributed by atoms with Crippen LogP contribution < -0.4 is 10.6 Å². The van der Waals surface area contributed by atoms with Crippen LogP contribution in [-0.4, -0.2) is 49.5 Å². The summed E-state index contributed by atoms with van der Waals surface area (Å²) in [6, 6.07) is 3.21. The molecule has 2 heterocycles. The Morgan fingerprint density at radius 3 is 2.36 bits per heavy atom. The van der Waals surface area contributed by atoms with Gasteiger partial charge in [-0.25, -0.2) is 4.98 Å². The monoisotopic (exact) mass is 327 g/mol. The fraction of sp³-hybridized carbons (Fsp3) is 0.533. The summed E-state index contributed by atoms with van der Waals surface area (Å²) in [5, 5.41) is 6.61. The molecular formula is C15H22ClN3O3. The average Bonchev–Trinajstić information content (AvgIpc) is 2.55. The number of hydrogen-bond acceptors (Lipinski definition) is 6. The number of nitrogens with zero attached hydrogens (tertiary/aromatic N) is 1. The van der Waals surface area contributed by atoms with Crippen molar-refractivity contribution in [3.05, 3.63) is 29.0 Å². The summed E-state index contributed by atoms with van der Waals surface area (Å²) in [4.78, 5) is 26.5. The first kappa shape index (κ1) is 18.5. The van der Waals surface area contributed by atoms with Gasteiger partial charge in [0.2, 0.25) is 0 Å². The molecule has 0 bridgehead atoms. The van der Waals surface area contributed by atoms with E-state index in [4.69, 9.17) is 16.3 Å². The number of aromatic nitrogens is 1. The zero-order chi connectivity index (χ0) is 16.2. The Morgan fingerprint density at radius 1 is 1.23 bits per heavy atom. The van der Waals surface area contributed by atoms with E-state index in [-0.39, 0.29) is 29.7 Å². The summed E-state index contributed by atoms with van der Waals surface area (Å²) in [6.45, 7) is 6.60. The Hall–Kier alpha value is -1.50. The Kier molecular flexibility index (Phi) is 9.37. The molecule has 6 nitrogen and oxygen atoms in total. The highest BCUT2D eigenvalue weighted by atomic mass is 35.5. The summed E-state index contributed by atoms with van der Waals surface area (Å²) >= 11 is 5.75. The van der Waals surface area contributed by atoms with Crippen molar-refractivity contribution in [2.75, 3.05) is 32.8 Å². The largest absolute Gasteiger partial charge is 0.466 e. The van der Waals surface area contributed by atoms with Crippen molar-refractivity contribution in [2.24, 2.45) is 0 Å². The van der Waals surface area contributed by atoms with Crippen molar-refractivity contribution >= 4 is 23.4 Å². The molecule has 2 N–H and O–H groups in total. The van der Waals surface area contributed by atoms with Gasteiger partial charge in [0, 0.05) is 38.8 Å². The average molecular weight is 328 g/mol. The number of nitrogens with one attached hydrogen (secondary N) is 2. The second-order valence-corrected chi connectivity index (χ2v) is 4.93. The maximum Gasteiger partial charge on any atom is 0.306 e. The van der Waals surface area contributed by atoms with Crippen LogP contribution in [0.15, 0.2) is 18.3 Å². The van der Waals surface area contributed by atoms with Gasteiger partial charge in [0.1, 0.15) is 5.15 Å². The number of Topliss-reactive ketones (excluding diaryl/α,β-unsaturated/α-hetero) is 1. The molecule has 7 heteroatoms. The number of piperazine rings is 1. The molecule has 2 rings (SSSR count). The van der Waals surface area contributed by atoms with Crippen LogP contribution in [0.5, 0.6) is 0 Å². The topological polar surface area (TPSA) is 80.3 Å². The molecule has 0 aliphatic carbocycles. The van der Waals surface area contributed by atoms with Gasteiger partial charge >= 0.3 is 5.97 Å². The lowest BCUT2D eigenvalue weighted by Gasteiger charge is -2.11. The summed E-state index contributed by atoms with van der Waals surface area (Å²) in [5.41, 5.74) is 0.341. The van der Waals surface area contributed by atoms with Crippen molar-refractivity contribution in [3.63, 3.8) is 0 Å². The van der Waals surface area contributed by atoms with E-state index >= 15 is 0 Å². The number of pyridine rings is 1. The molecule has 1 aliphatic rings. The van der Waals surface area contributed by atoms with Crippen molar-refractivity contribution in [2.45, 2.75) is 19.8 Å². The van der Waals surface area contributed by atoms with Crippen LogP contribution in [0.2, 0.25) is 5.15 Å². The van der Waals surface area contributed by atoms with Crippen LogP contribution >= 0.6 is 11.6 Å². The molecule has 0 aromatic carbocycles. The molecular weight excluding hydrogens is 306 g/mol. The third-order valence-electron chi connectivity index (χ3n) is 2.88. The number of rotatable bonds is 5. The molecule has 0 unspecified atom stereocenters. The smallest absolute Gasteiger partial charge is 0.306 e. The van der Waals surface area contributed by atoms with E-state index in [2.05, 4.69) is 15.6 Å². The van der Waals surface area contributed by atoms with E-state index in [9.17, 15) is 9.59 Å². The zero-order valence-corrected chi connectivity index (χ0v) is 13.5. The molecule has 1 fully saturated rings. The van der Waals surface area contributed by atoms with Crippen LogP contribution in [0, 0.1) is 0 Å². The van der Waals surface area contributed by atoms with Crippen LogP contribution in [-0.2, 0) is 9.53 Å². The van der Waals surface area contributed by atoms with Gasteiger partial charge in [-0.1, -0.05) is 11.6 Å². The standard InChI is InChI=1S/C11H12ClNO3.C4H10N2/c1-2-16-10(15)6-5-9(14)8-4-3-7-13-11(8)12;1-2-6-4-3-5-1/h3-4,7H,2,5-6H2,1H3;5-6H,1-4H2. The number of carbonyl (C=O) groups excluding carboxylic acids is 2. The Labute approximate surface area is 135 Å². The maximum atomic E-state index is 11.6. The lowest BCUT2D eigenvalue weighted by molar-refractivity contribution is -0.143. The van der Waals surface area contributed by atoms with Gasteiger partial charge in [-0.15, -0.1) is 0 Å². The third kappa shape index (κ3) is 7.49. The molecule has 0 amide bonds. The summed E-state index contributed by atoms with van der Waals surface area (Å²) < 4.78 is 4.72. The second-order valence-electron chi connectivity index (χ2n) is 4.57. The van der Waals surface area contributed by atoms with Crippen LogP contribution in [0.25, 0.3) is 0 Å². The van der Waals surface area contributed by atoms with Crippen molar-refractivity contribution in [3.8, 4) is 0 Å². The fourth-order valence-corrected chi connectivity index (χ4v) is 2.01. The number of ether oxygens (including phenoxy) is 1. The molecule has 0 saturated carbocycles. The number of hydrogen-bond donors (Lipinski definition) is 2. The fourth-order valence-electron chi connectivity index (χ4n) is 1.78. The highest BCUT2D eigenvalue weighted by molar-refractivity contribution is 6.32. The Bertz CT molecular complexity index is 467. The van der Waals surface area contributed by atoms with E-state index in [0.29, 0.717) is 12.2 Å². The van der Waals surface area contributed by atoms with Crippen LogP contribution in [0.3, 0.4) is 0 Å². The quantitative estimate of drug-likeness (QED) is 0.484. The molecule has 1 aliphatic heterocycles. The molecule has 122 valence electrons. The highest BCUT2D eigenvalue weighted by Gasteiger charge is 2.12. The van der Waals surface area contributed by atoms with Gasteiger partial charge in [-0.2, -0.15) is 0 Å². The van der Waals surface area contributed by atoms with E-state index in [0.717, 1.165) is 26.2 Å². The molecule has 22 heavy (non-hydrogen) atoms. The first-order valence-corrected chi connectivity index (χ1v) is 7.73. The lowest BCUT2D eigenvalue weighted by atomic mass is 10.1. The Balaban J connectivity index is 0.000000335. The molecule has 1 aromatic rings. The molecule has 0 spiro atoms. The molecule has 1 aromatic heterocycles. The second kappa shape index (κ2) is 11.1. The van der Waals surface area contributed by atoms with E-state index in [1.165, 1.54) is 6.20 Å². The van der Waals surface area contributed by atoms with E-state index in [1.807, 2.05) is 0 Å². The number of halogens is 1. The van der Waals surface area contributed by atoms with E-state index < -0.39 is 0 Å². The highest BCUT2D eigenvalue weighted by Crippen LogP contribution is 2.14. The predicted molar refractivity (Wildman–Crippen MR) is 85.2 cm³/mol. The summed E-state index contributed by atoms with van der Waals surface area (Å²) in [6.07, 6.45) is 1.66. The third-order valence-corrected chi connectivity index (χ3v) is 3.18. The number of ketones is 1. The maximum absolute atomic E-state index is 11.6. The molecule has 0 atom stereocenters. The van der Waals surface area contributed by atoms with Gasteiger partial charge in [-0.05, 0) is 19.1 Å². The minimum absolute atomic E-state index is 0.0674. The summed E-state index contributed by atoms with van der Waals surface area (Å²) in [7, 11) is 0. The van der Waals surface area contributed by atoms with Crippen molar-refractivity contribution in [1.29, 1.82) is 0 Å². The van der Waals surface area contributed by atoms with Crippen LogP contribution in [0.4, 0.5) is 0 Å². The minimum Gasteiger partial charge on any atom is -0.466 e. The van der Waals surface area contributed by atoms with Gasteiger partial charge in [0.25, 0.3) is 0 Å². The summed E-state index contributed by atoms with van der Waals surface area (Å²) in [5.74, 6) is -0.581. The molecule has 1 saturated heterocycles. The van der Waals surface area contributed by atoms with Crippen molar-refractivity contribution < 1.29 is 14.3 Å². The SMILES string of the molecule is C1CNCCN1.CCOC(=O)CCC(=O)c1cccnc1Cl. The van der Waals surface area contributed by atoms with Gasteiger partial charge < -0.3 is 15.4 Å². The first-order valence-electron chi connectivity index (χ1n) is 7.36. The zero-order valence-electron chi connectivity index (χ0n) is 12.7. The minimum atomic E-state index is -0.379. The first-order chi connectivity index (χ1) is 10.6. The lowest BCUT2D eigenvalue weighted by Crippen LogP contribution is -2.39. The Morgan fingerprint density at radius 2 is 1.86 bits per heavy atom. The van der Waals surface area contributed by atoms with Crippen LogP contribution in [0.1, 0.15) is 30.1 Å².